The van der Waals surface area contributed by atoms with Crippen LogP contribution in [0.25, 0.3) is 32.9 Å². The number of ether oxygens (including phenoxy) is 1. The molecule has 0 radical (unpaired) electrons. The molecule has 0 aliphatic rings. The quantitative estimate of drug-likeness (QED) is 0.378. The Balaban J connectivity index is 1.98. The number of esters is 1. The average Bonchev–Trinajstić information content (AvgIpc) is 2.71. The lowest BCUT2D eigenvalue weighted by Crippen LogP contribution is -2.07. The number of aryl methyl sites for hydroxylation is 1. The Bertz CT molecular complexity index is 1220. The molecule has 0 N–H and O–H groups in total. The second-order valence-corrected chi connectivity index (χ2v) is 6.33. The molecule has 3 aromatic carbocycles. The summed E-state index contributed by atoms with van der Waals surface area (Å²) >= 11 is 0. The summed E-state index contributed by atoms with van der Waals surface area (Å²) < 4.78 is 5.18. The van der Waals surface area contributed by atoms with Crippen LogP contribution in [-0.2, 0) is 4.74 Å². The van der Waals surface area contributed by atoms with Crippen LogP contribution < -0.4 is 0 Å². The lowest BCUT2D eigenvalue weighted by atomic mass is 9.96. The molecule has 0 fully saturated rings. The van der Waals surface area contributed by atoms with E-state index in [0.717, 1.165) is 27.5 Å². The van der Waals surface area contributed by atoms with Crippen LogP contribution in [0.15, 0.2) is 66.7 Å². The van der Waals surface area contributed by atoms with Crippen molar-refractivity contribution >= 4 is 27.6 Å². The monoisotopic (exact) mass is 351 g/mol. The van der Waals surface area contributed by atoms with Crippen LogP contribution in [0.5, 0.6) is 0 Å². The smallest absolute Gasteiger partial charge is 0.339 e. The Morgan fingerprint density at radius 1 is 1.00 bits per heavy atom. The molecule has 1 heterocycles. The number of pyridine rings is 1. The van der Waals surface area contributed by atoms with Crippen LogP contribution in [0.1, 0.15) is 15.9 Å². The highest BCUT2D eigenvalue weighted by Crippen LogP contribution is 2.32. The van der Waals surface area contributed by atoms with Crippen LogP contribution in [0.4, 0.5) is 0 Å². The van der Waals surface area contributed by atoms with E-state index >= 15 is 0 Å². The van der Waals surface area contributed by atoms with Crippen LogP contribution >= 0.6 is 0 Å². The molecule has 3 nitrogen and oxygen atoms in total. The predicted octanol–water partition coefficient (Wildman–Crippen LogP) is 5.15. The van der Waals surface area contributed by atoms with E-state index < -0.39 is 5.97 Å². The molecule has 0 bridgehead atoms. The number of aromatic nitrogens is 1. The van der Waals surface area contributed by atoms with Gasteiger partial charge in [-0.25, -0.2) is 9.78 Å². The van der Waals surface area contributed by atoms with E-state index in [1.54, 1.807) is 6.07 Å². The Morgan fingerprint density at radius 2 is 1.70 bits per heavy atom. The molecule has 0 unspecified atom stereocenters. The molecule has 130 valence electrons. The third-order valence-corrected chi connectivity index (χ3v) is 4.64. The number of rotatable bonds is 3. The van der Waals surface area contributed by atoms with Gasteiger partial charge >= 0.3 is 5.97 Å². The summed E-state index contributed by atoms with van der Waals surface area (Å²) in [5.74, 6) is 1.89. The highest BCUT2D eigenvalue weighted by molar-refractivity contribution is 6.06. The number of carbonyl (C=O) groups excluding carboxylic acids is 1. The first-order chi connectivity index (χ1) is 13.2. The lowest BCUT2D eigenvalue weighted by Gasteiger charge is -2.12. The fourth-order valence-electron chi connectivity index (χ4n) is 3.34. The first kappa shape index (κ1) is 16.8. The minimum atomic E-state index is -0.441. The molecule has 0 atom stereocenters. The number of benzene rings is 3. The highest BCUT2D eigenvalue weighted by Gasteiger charge is 2.16. The zero-order valence-corrected chi connectivity index (χ0v) is 14.9. The number of fused-ring (bicyclic) bond motifs is 2. The summed E-state index contributed by atoms with van der Waals surface area (Å²) in [7, 11) is 0. The van der Waals surface area contributed by atoms with Gasteiger partial charge in [-0.3, -0.25) is 0 Å². The van der Waals surface area contributed by atoms with Crippen molar-refractivity contribution in [2.24, 2.45) is 0 Å². The molecule has 0 saturated carbocycles. The molecule has 1 aromatic heterocycles. The van der Waals surface area contributed by atoms with Crippen molar-refractivity contribution in [1.29, 1.82) is 0 Å². The van der Waals surface area contributed by atoms with Gasteiger partial charge in [0.15, 0.2) is 6.61 Å². The van der Waals surface area contributed by atoms with E-state index in [1.165, 1.54) is 10.9 Å². The zero-order valence-electron chi connectivity index (χ0n) is 14.9. The van der Waals surface area contributed by atoms with Crippen LogP contribution in [0.2, 0.25) is 0 Å². The van der Waals surface area contributed by atoms with Gasteiger partial charge in [-0.05, 0) is 35.4 Å². The Morgan fingerprint density at radius 3 is 2.48 bits per heavy atom. The molecular formula is C24H17NO2. The number of para-hydroxylation sites is 1. The van der Waals surface area contributed by atoms with E-state index in [9.17, 15) is 4.79 Å². The summed E-state index contributed by atoms with van der Waals surface area (Å²) in [5.41, 5.74) is 4.12. The van der Waals surface area contributed by atoms with Gasteiger partial charge in [0.1, 0.15) is 0 Å². The van der Waals surface area contributed by atoms with Gasteiger partial charge in [0.25, 0.3) is 0 Å². The van der Waals surface area contributed by atoms with E-state index in [2.05, 4.69) is 31.0 Å². The standard InChI is InChI=1S/C24H17NO2/c1-3-14-27-24(26)21-15-23(25-22-11-7-6-10-19(21)22)20-13-12-16(2)17-8-4-5-9-18(17)20/h1,4-13,15H,14H2,2H3. The van der Waals surface area contributed by atoms with Gasteiger partial charge in [0.2, 0.25) is 0 Å². The average molecular weight is 351 g/mol. The number of terminal acetylenes is 1. The maximum Gasteiger partial charge on any atom is 0.339 e. The summed E-state index contributed by atoms with van der Waals surface area (Å²) in [6.07, 6.45) is 5.23. The zero-order chi connectivity index (χ0) is 18.8. The van der Waals surface area contributed by atoms with Crippen molar-refractivity contribution in [2.75, 3.05) is 6.61 Å². The minimum Gasteiger partial charge on any atom is -0.449 e. The molecule has 0 amide bonds. The molecule has 3 heteroatoms. The van der Waals surface area contributed by atoms with E-state index in [0.29, 0.717) is 5.56 Å². The molecule has 4 rings (SSSR count). The summed E-state index contributed by atoms with van der Waals surface area (Å²) in [4.78, 5) is 17.4. The maximum atomic E-state index is 12.6. The second-order valence-electron chi connectivity index (χ2n) is 6.33. The summed E-state index contributed by atoms with van der Waals surface area (Å²) in [6, 6.07) is 21.7. The fraction of sp³-hybridized carbons (Fsp3) is 0.0833. The highest BCUT2D eigenvalue weighted by atomic mass is 16.5. The van der Waals surface area contributed by atoms with E-state index in [-0.39, 0.29) is 6.61 Å². The summed E-state index contributed by atoms with van der Waals surface area (Å²) in [5, 5.41) is 3.02. The molecular weight excluding hydrogens is 334 g/mol. The summed E-state index contributed by atoms with van der Waals surface area (Å²) in [6.45, 7) is 2.03. The van der Waals surface area contributed by atoms with Crippen LogP contribution in [-0.4, -0.2) is 17.6 Å². The topological polar surface area (TPSA) is 39.2 Å². The van der Waals surface area contributed by atoms with Crippen molar-refractivity contribution < 1.29 is 9.53 Å². The maximum absolute atomic E-state index is 12.6. The van der Waals surface area contributed by atoms with Crippen LogP contribution in [0, 0.1) is 19.3 Å². The molecule has 0 aliphatic carbocycles. The third-order valence-electron chi connectivity index (χ3n) is 4.64. The van der Waals surface area contributed by atoms with E-state index in [1.807, 2.05) is 42.5 Å². The van der Waals surface area contributed by atoms with Crippen molar-refractivity contribution in [3.8, 4) is 23.6 Å². The van der Waals surface area contributed by atoms with Crippen molar-refractivity contribution in [2.45, 2.75) is 6.92 Å². The van der Waals surface area contributed by atoms with Crippen molar-refractivity contribution in [3.05, 3.63) is 77.9 Å². The molecule has 27 heavy (non-hydrogen) atoms. The lowest BCUT2D eigenvalue weighted by molar-refractivity contribution is 0.0559. The fourth-order valence-corrected chi connectivity index (χ4v) is 3.34. The first-order valence-corrected chi connectivity index (χ1v) is 8.68. The molecule has 0 aliphatic heterocycles. The third kappa shape index (κ3) is 3.02. The van der Waals surface area contributed by atoms with Gasteiger partial charge in [-0.1, -0.05) is 60.5 Å². The SMILES string of the molecule is C#CCOC(=O)c1cc(-c2ccc(C)c3ccccc23)nc2ccccc12. The van der Waals surface area contributed by atoms with Gasteiger partial charge in [-0.2, -0.15) is 0 Å². The Hall–Kier alpha value is -3.64. The molecule has 0 saturated heterocycles. The predicted molar refractivity (Wildman–Crippen MR) is 109 cm³/mol. The molecule has 4 aromatic rings. The number of hydrogen-bond donors (Lipinski definition) is 0. The largest absolute Gasteiger partial charge is 0.449 e. The van der Waals surface area contributed by atoms with Crippen molar-refractivity contribution in [3.63, 3.8) is 0 Å². The number of carbonyl (C=O) groups is 1. The van der Waals surface area contributed by atoms with Gasteiger partial charge in [0.05, 0.1) is 16.8 Å². The number of nitrogens with zero attached hydrogens (tertiary/aromatic N) is 1. The van der Waals surface area contributed by atoms with Gasteiger partial charge in [-0.15, -0.1) is 6.42 Å². The second kappa shape index (κ2) is 6.93. The van der Waals surface area contributed by atoms with Gasteiger partial charge in [0, 0.05) is 10.9 Å². The van der Waals surface area contributed by atoms with Crippen LogP contribution in [0.3, 0.4) is 0 Å². The number of hydrogen-bond acceptors (Lipinski definition) is 3. The Labute approximate surface area is 157 Å². The minimum absolute atomic E-state index is 0.0573. The Kier molecular flexibility index (Phi) is 4.32. The normalized spacial score (nSPS) is 10.7. The van der Waals surface area contributed by atoms with Crippen molar-refractivity contribution in [1.82, 2.24) is 4.98 Å². The first-order valence-electron chi connectivity index (χ1n) is 8.68. The van der Waals surface area contributed by atoms with E-state index in [4.69, 9.17) is 16.1 Å². The molecule has 0 spiro atoms. The van der Waals surface area contributed by atoms with Gasteiger partial charge < -0.3 is 4.74 Å².